The molecule has 1 aromatic heterocycles. The fraction of sp³-hybridized carbons (Fsp3) is 0.118. The molecule has 0 saturated carbocycles. The number of anilines is 1. The van der Waals surface area contributed by atoms with Crippen LogP contribution in [0.4, 0.5) is 5.69 Å². The van der Waals surface area contributed by atoms with E-state index < -0.39 is 17.0 Å². The van der Waals surface area contributed by atoms with Crippen LogP contribution in [0, 0.1) is 6.92 Å². The van der Waals surface area contributed by atoms with E-state index in [1.54, 1.807) is 49.4 Å². The number of halogens is 1. The van der Waals surface area contributed by atoms with Gasteiger partial charge in [-0.25, -0.2) is 4.68 Å². The van der Waals surface area contributed by atoms with Crippen LogP contribution < -0.4 is 16.4 Å². The molecule has 2 N–H and O–H groups in total. The van der Waals surface area contributed by atoms with E-state index in [9.17, 15) is 14.4 Å². The van der Waals surface area contributed by atoms with Gasteiger partial charge in [0.1, 0.15) is 6.54 Å². The van der Waals surface area contributed by atoms with E-state index in [0.29, 0.717) is 16.1 Å². The lowest BCUT2D eigenvalue weighted by atomic mass is 10.2. The minimum absolute atomic E-state index is 0.271. The Kier molecular flexibility index (Phi) is 4.22. The molecule has 3 aromatic rings. The minimum atomic E-state index is -0.437. The van der Waals surface area contributed by atoms with E-state index in [4.69, 9.17) is 11.6 Å². The first-order valence-corrected chi connectivity index (χ1v) is 7.62. The third-order valence-corrected chi connectivity index (χ3v) is 4.14. The molecule has 3 rings (SSSR count). The second-order valence-electron chi connectivity index (χ2n) is 5.34. The molecule has 6 nitrogen and oxygen atoms in total. The van der Waals surface area contributed by atoms with E-state index in [1.807, 2.05) is 0 Å². The summed E-state index contributed by atoms with van der Waals surface area (Å²) in [6, 6.07) is 11.6. The summed E-state index contributed by atoms with van der Waals surface area (Å²) < 4.78 is 1.000. The second-order valence-corrected chi connectivity index (χ2v) is 5.75. The average Bonchev–Trinajstić information content (AvgIpc) is 2.57. The van der Waals surface area contributed by atoms with Crippen molar-refractivity contribution in [2.75, 3.05) is 5.32 Å². The first-order chi connectivity index (χ1) is 11.5. The van der Waals surface area contributed by atoms with Crippen molar-refractivity contribution < 1.29 is 4.79 Å². The number of amides is 1. The maximum Gasteiger partial charge on any atom is 0.273 e. The molecule has 0 bridgehead atoms. The van der Waals surface area contributed by atoms with Gasteiger partial charge in [0.05, 0.1) is 10.8 Å². The number of benzene rings is 2. The predicted octanol–water partition coefficient (Wildman–Crippen LogP) is 2.29. The van der Waals surface area contributed by atoms with Gasteiger partial charge in [0, 0.05) is 10.7 Å². The Balaban J connectivity index is 1.91. The number of hydrogen-bond acceptors (Lipinski definition) is 3. The lowest BCUT2D eigenvalue weighted by molar-refractivity contribution is -0.117. The predicted molar refractivity (Wildman–Crippen MR) is 93.6 cm³/mol. The highest BCUT2D eigenvalue weighted by Gasteiger charge is 2.11. The van der Waals surface area contributed by atoms with Gasteiger partial charge >= 0.3 is 0 Å². The van der Waals surface area contributed by atoms with E-state index in [-0.39, 0.29) is 11.9 Å². The van der Waals surface area contributed by atoms with Crippen LogP contribution in [0.15, 0.2) is 52.1 Å². The number of carbonyl (C=O) groups excluding carboxylic acids is 1. The van der Waals surface area contributed by atoms with Gasteiger partial charge in [-0.1, -0.05) is 29.8 Å². The molecule has 7 heteroatoms. The van der Waals surface area contributed by atoms with Crippen LogP contribution in [0.1, 0.15) is 5.56 Å². The quantitative estimate of drug-likeness (QED) is 0.765. The molecule has 0 radical (unpaired) electrons. The van der Waals surface area contributed by atoms with Crippen LogP contribution in [0.25, 0.3) is 10.8 Å². The Morgan fingerprint density at radius 2 is 1.83 bits per heavy atom. The number of fused-ring (bicyclic) bond motifs is 1. The summed E-state index contributed by atoms with van der Waals surface area (Å²) in [6.45, 7) is 1.48. The van der Waals surface area contributed by atoms with Gasteiger partial charge in [0.15, 0.2) is 0 Å². The van der Waals surface area contributed by atoms with Crippen molar-refractivity contribution in [1.82, 2.24) is 9.78 Å². The normalized spacial score (nSPS) is 10.8. The number of aromatic amines is 1. The Bertz CT molecular complexity index is 1050. The Morgan fingerprint density at radius 3 is 2.58 bits per heavy atom. The van der Waals surface area contributed by atoms with Crippen LogP contribution in [-0.4, -0.2) is 15.7 Å². The van der Waals surface area contributed by atoms with Gasteiger partial charge in [-0.3, -0.25) is 19.5 Å². The summed E-state index contributed by atoms with van der Waals surface area (Å²) in [5, 5.41) is 6.21. The summed E-state index contributed by atoms with van der Waals surface area (Å²) in [6.07, 6.45) is 0. The van der Waals surface area contributed by atoms with Crippen molar-refractivity contribution in [2.45, 2.75) is 13.5 Å². The van der Waals surface area contributed by atoms with E-state index in [2.05, 4.69) is 10.4 Å². The van der Waals surface area contributed by atoms with E-state index in [0.717, 1.165) is 10.2 Å². The number of hydrogen-bond donors (Lipinski definition) is 2. The monoisotopic (exact) mass is 343 g/mol. The van der Waals surface area contributed by atoms with Crippen LogP contribution in [-0.2, 0) is 11.3 Å². The molecule has 0 saturated heterocycles. The van der Waals surface area contributed by atoms with Crippen molar-refractivity contribution >= 4 is 34.0 Å². The SMILES string of the molecule is Cc1c(Cl)cccc1NC(=O)Cn1[nH]c(=O)c2ccccc2c1=O. The Hall–Kier alpha value is -2.86. The molecule has 2 aromatic carbocycles. The van der Waals surface area contributed by atoms with Gasteiger partial charge in [-0.2, -0.15) is 0 Å². The lowest BCUT2D eigenvalue weighted by Crippen LogP contribution is -2.34. The summed E-state index contributed by atoms with van der Waals surface area (Å²) in [7, 11) is 0. The number of nitrogens with one attached hydrogen (secondary N) is 2. The van der Waals surface area contributed by atoms with Gasteiger partial charge in [0.25, 0.3) is 11.1 Å². The fourth-order valence-electron chi connectivity index (χ4n) is 2.43. The molecular formula is C17H14ClN3O3. The summed E-state index contributed by atoms with van der Waals surface area (Å²) in [5.41, 5.74) is 0.440. The summed E-state index contributed by atoms with van der Waals surface area (Å²) >= 11 is 6.01. The molecule has 0 atom stereocenters. The third kappa shape index (κ3) is 2.96. The molecule has 1 heterocycles. The zero-order valence-corrected chi connectivity index (χ0v) is 13.6. The molecule has 122 valence electrons. The van der Waals surface area contributed by atoms with Crippen LogP contribution >= 0.6 is 11.6 Å². The largest absolute Gasteiger partial charge is 0.324 e. The maximum atomic E-state index is 12.4. The Morgan fingerprint density at radius 1 is 1.12 bits per heavy atom. The van der Waals surface area contributed by atoms with Crippen LogP contribution in [0.5, 0.6) is 0 Å². The van der Waals surface area contributed by atoms with Crippen LogP contribution in [0.3, 0.4) is 0 Å². The molecule has 1 amide bonds. The molecule has 0 aliphatic rings. The summed E-state index contributed by atoms with van der Waals surface area (Å²) in [5.74, 6) is -0.437. The second kappa shape index (κ2) is 6.33. The molecule has 0 unspecified atom stereocenters. The number of H-pyrrole nitrogens is 1. The van der Waals surface area contributed by atoms with Crippen molar-refractivity contribution in [2.24, 2.45) is 0 Å². The Labute approximate surface area is 141 Å². The third-order valence-electron chi connectivity index (χ3n) is 3.73. The first kappa shape index (κ1) is 16.0. The average molecular weight is 344 g/mol. The van der Waals surface area contributed by atoms with Crippen molar-refractivity contribution in [1.29, 1.82) is 0 Å². The molecule has 0 spiro atoms. The van der Waals surface area contributed by atoms with E-state index >= 15 is 0 Å². The van der Waals surface area contributed by atoms with Crippen molar-refractivity contribution in [3.63, 3.8) is 0 Å². The highest BCUT2D eigenvalue weighted by molar-refractivity contribution is 6.31. The lowest BCUT2D eigenvalue weighted by Gasteiger charge is -2.11. The zero-order chi connectivity index (χ0) is 17.3. The molecule has 0 aliphatic carbocycles. The fourth-order valence-corrected chi connectivity index (χ4v) is 2.61. The van der Waals surface area contributed by atoms with Gasteiger partial charge in [-0.15, -0.1) is 0 Å². The molecular weight excluding hydrogens is 330 g/mol. The number of aromatic nitrogens is 2. The molecule has 0 fully saturated rings. The smallest absolute Gasteiger partial charge is 0.273 e. The van der Waals surface area contributed by atoms with Crippen LogP contribution in [0.2, 0.25) is 5.02 Å². The first-order valence-electron chi connectivity index (χ1n) is 7.24. The van der Waals surface area contributed by atoms with Crippen molar-refractivity contribution in [3.05, 3.63) is 73.8 Å². The maximum absolute atomic E-state index is 12.4. The minimum Gasteiger partial charge on any atom is -0.324 e. The number of carbonyl (C=O) groups is 1. The highest BCUT2D eigenvalue weighted by Crippen LogP contribution is 2.22. The number of rotatable bonds is 3. The number of nitrogens with zero attached hydrogens (tertiary/aromatic N) is 1. The summed E-state index contributed by atoms with van der Waals surface area (Å²) in [4.78, 5) is 36.6. The van der Waals surface area contributed by atoms with E-state index in [1.165, 1.54) is 0 Å². The topological polar surface area (TPSA) is 84.0 Å². The molecule has 24 heavy (non-hydrogen) atoms. The van der Waals surface area contributed by atoms with Crippen molar-refractivity contribution in [3.8, 4) is 0 Å². The zero-order valence-electron chi connectivity index (χ0n) is 12.8. The van der Waals surface area contributed by atoms with Gasteiger partial charge in [-0.05, 0) is 36.8 Å². The highest BCUT2D eigenvalue weighted by atomic mass is 35.5. The van der Waals surface area contributed by atoms with Gasteiger partial charge < -0.3 is 5.32 Å². The standard InChI is InChI=1S/C17H14ClN3O3/c1-10-13(18)7-4-8-14(10)19-15(22)9-21-17(24)12-6-3-2-5-11(12)16(23)20-21/h2-8H,9H2,1H3,(H,19,22)(H,20,23). The molecule has 0 aliphatic heterocycles. The van der Waals surface area contributed by atoms with Gasteiger partial charge in [0.2, 0.25) is 5.91 Å².